The van der Waals surface area contributed by atoms with Crippen molar-refractivity contribution in [1.29, 1.82) is 0 Å². The van der Waals surface area contributed by atoms with Gasteiger partial charge >= 0.3 is 0 Å². The Morgan fingerprint density at radius 2 is 2.12 bits per heavy atom. The van der Waals surface area contributed by atoms with Crippen LogP contribution in [0.2, 0.25) is 0 Å². The van der Waals surface area contributed by atoms with E-state index in [0.717, 1.165) is 11.3 Å². The molecule has 0 aliphatic carbocycles. The molecular formula is C6H9OP. The first-order valence-corrected chi connectivity index (χ1v) is 3.10. The van der Waals surface area contributed by atoms with Gasteiger partial charge in [0.05, 0.1) is 0 Å². The van der Waals surface area contributed by atoms with Crippen LogP contribution in [0.5, 0.6) is 0 Å². The van der Waals surface area contributed by atoms with Crippen molar-refractivity contribution >= 4 is 14.7 Å². The minimum Gasteiger partial charge on any atom is -0.462 e. The second kappa shape index (κ2) is 1.91. The van der Waals surface area contributed by atoms with E-state index in [1.165, 1.54) is 5.56 Å². The number of hydrogen-bond acceptors (Lipinski definition) is 1. The van der Waals surface area contributed by atoms with Crippen LogP contribution in [0, 0.1) is 13.8 Å². The standard InChI is InChI=1S/C6H9OP/c1-4-3-6(8)7-5(4)2/h3H,8H2,1-2H3. The second-order valence-corrected chi connectivity index (χ2v) is 2.46. The van der Waals surface area contributed by atoms with Gasteiger partial charge in [-0.25, -0.2) is 0 Å². The van der Waals surface area contributed by atoms with Crippen molar-refractivity contribution in [2.45, 2.75) is 13.8 Å². The molecule has 8 heavy (non-hydrogen) atoms. The zero-order valence-electron chi connectivity index (χ0n) is 5.06. The van der Waals surface area contributed by atoms with Gasteiger partial charge in [0.25, 0.3) is 0 Å². The van der Waals surface area contributed by atoms with Crippen LogP contribution in [0.4, 0.5) is 0 Å². The lowest BCUT2D eigenvalue weighted by molar-refractivity contribution is 0.565. The molecule has 1 rings (SSSR count). The molecule has 1 aromatic heterocycles. The Morgan fingerprint density at radius 3 is 2.25 bits per heavy atom. The SMILES string of the molecule is Cc1cc(P)oc1C. The van der Waals surface area contributed by atoms with Crippen molar-refractivity contribution in [3.8, 4) is 0 Å². The highest BCUT2D eigenvalue weighted by molar-refractivity contribution is 7.26. The number of hydrogen-bond donors (Lipinski definition) is 0. The lowest BCUT2D eigenvalue weighted by atomic mass is 10.3. The van der Waals surface area contributed by atoms with Crippen molar-refractivity contribution in [1.82, 2.24) is 0 Å². The van der Waals surface area contributed by atoms with E-state index in [1.54, 1.807) is 0 Å². The maximum Gasteiger partial charge on any atom is 0.119 e. The topological polar surface area (TPSA) is 13.1 Å². The lowest BCUT2D eigenvalue weighted by Crippen LogP contribution is -1.76. The van der Waals surface area contributed by atoms with E-state index in [1.807, 2.05) is 19.9 Å². The van der Waals surface area contributed by atoms with Gasteiger partial charge in [0.15, 0.2) is 0 Å². The molecule has 1 aromatic rings. The highest BCUT2D eigenvalue weighted by Crippen LogP contribution is 2.05. The van der Waals surface area contributed by atoms with E-state index in [-0.39, 0.29) is 0 Å². The zero-order chi connectivity index (χ0) is 6.15. The highest BCUT2D eigenvalue weighted by atomic mass is 31.0. The third-order valence-electron chi connectivity index (χ3n) is 1.19. The second-order valence-electron chi connectivity index (χ2n) is 1.89. The minimum atomic E-state index is 0.917. The Labute approximate surface area is 51.3 Å². The van der Waals surface area contributed by atoms with Crippen molar-refractivity contribution in [2.24, 2.45) is 0 Å². The summed E-state index contributed by atoms with van der Waals surface area (Å²) in [5.74, 6) is 1.01. The molecule has 0 radical (unpaired) electrons. The fourth-order valence-electron chi connectivity index (χ4n) is 0.602. The van der Waals surface area contributed by atoms with Gasteiger partial charge in [-0.05, 0) is 25.5 Å². The minimum absolute atomic E-state index is 0.917. The van der Waals surface area contributed by atoms with Crippen LogP contribution in [0.25, 0.3) is 0 Å². The molecule has 0 spiro atoms. The van der Waals surface area contributed by atoms with Crippen molar-refractivity contribution in [3.63, 3.8) is 0 Å². The number of aryl methyl sites for hydroxylation is 2. The smallest absolute Gasteiger partial charge is 0.119 e. The van der Waals surface area contributed by atoms with Crippen molar-refractivity contribution < 1.29 is 4.42 Å². The predicted molar refractivity (Wildman–Crippen MR) is 37.5 cm³/mol. The van der Waals surface area contributed by atoms with Crippen LogP contribution < -0.4 is 5.50 Å². The molecule has 1 atom stereocenters. The molecule has 44 valence electrons. The van der Waals surface area contributed by atoms with Gasteiger partial charge in [0.1, 0.15) is 11.3 Å². The van der Waals surface area contributed by atoms with Gasteiger partial charge in [-0.15, -0.1) is 0 Å². The van der Waals surface area contributed by atoms with Gasteiger partial charge < -0.3 is 4.42 Å². The summed E-state index contributed by atoms with van der Waals surface area (Å²) in [6.07, 6.45) is 0. The monoisotopic (exact) mass is 128 g/mol. The molecule has 0 saturated carbocycles. The van der Waals surface area contributed by atoms with E-state index in [4.69, 9.17) is 4.42 Å². The van der Waals surface area contributed by atoms with Crippen LogP contribution in [-0.2, 0) is 0 Å². The third kappa shape index (κ3) is 0.924. The molecule has 0 aromatic carbocycles. The van der Waals surface area contributed by atoms with Crippen LogP contribution >= 0.6 is 9.24 Å². The molecule has 0 aliphatic rings. The number of furan rings is 1. The zero-order valence-corrected chi connectivity index (χ0v) is 6.22. The maximum absolute atomic E-state index is 5.18. The first kappa shape index (κ1) is 5.84. The average molecular weight is 128 g/mol. The molecule has 1 heterocycles. The fraction of sp³-hybridized carbons (Fsp3) is 0.333. The van der Waals surface area contributed by atoms with Gasteiger partial charge in [0.2, 0.25) is 0 Å². The van der Waals surface area contributed by atoms with E-state index in [0.29, 0.717) is 0 Å². The van der Waals surface area contributed by atoms with Crippen LogP contribution in [0.3, 0.4) is 0 Å². The normalized spacial score (nSPS) is 9.88. The average Bonchev–Trinajstić information content (AvgIpc) is 1.85. The van der Waals surface area contributed by atoms with Gasteiger partial charge in [-0.3, -0.25) is 0 Å². The summed E-state index contributed by atoms with van der Waals surface area (Å²) >= 11 is 0. The first-order valence-electron chi connectivity index (χ1n) is 2.52. The van der Waals surface area contributed by atoms with E-state index in [9.17, 15) is 0 Å². The Morgan fingerprint density at radius 1 is 1.50 bits per heavy atom. The molecule has 1 unspecified atom stereocenters. The number of rotatable bonds is 0. The van der Waals surface area contributed by atoms with E-state index < -0.39 is 0 Å². The van der Waals surface area contributed by atoms with E-state index in [2.05, 4.69) is 9.24 Å². The molecule has 2 heteroatoms. The van der Waals surface area contributed by atoms with Crippen molar-refractivity contribution in [3.05, 3.63) is 17.4 Å². The molecule has 0 fully saturated rings. The summed E-state index contributed by atoms with van der Waals surface area (Å²) in [7, 11) is 2.52. The van der Waals surface area contributed by atoms with Gasteiger partial charge in [-0.1, -0.05) is 9.24 Å². The fourth-order valence-corrected chi connectivity index (χ4v) is 1.03. The summed E-state index contributed by atoms with van der Waals surface area (Å²) < 4.78 is 5.18. The Hall–Kier alpha value is -0.290. The molecule has 0 bridgehead atoms. The van der Waals surface area contributed by atoms with Crippen LogP contribution in [0.1, 0.15) is 11.3 Å². The maximum atomic E-state index is 5.18. The Kier molecular flexibility index (Phi) is 1.39. The molecule has 0 aliphatic heterocycles. The third-order valence-corrected chi connectivity index (χ3v) is 1.47. The molecular weight excluding hydrogens is 119 g/mol. The highest BCUT2D eigenvalue weighted by Gasteiger charge is 1.95. The van der Waals surface area contributed by atoms with Crippen LogP contribution in [0.15, 0.2) is 10.5 Å². The predicted octanol–water partition coefficient (Wildman–Crippen LogP) is 1.40. The van der Waals surface area contributed by atoms with Gasteiger partial charge in [0, 0.05) is 0 Å². The first-order chi connectivity index (χ1) is 3.70. The molecule has 0 amide bonds. The Balaban J connectivity index is 3.14. The van der Waals surface area contributed by atoms with Crippen LogP contribution in [-0.4, -0.2) is 0 Å². The lowest BCUT2D eigenvalue weighted by Gasteiger charge is -1.80. The summed E-state index contributed by atoms with van der Waals surface area (Å²) in [5.41, 5.74) is 2.13. The van der Waals surface area contributed by atoms with Crippen molar-refractivity contribution in [2.75, 3.05) is 0 Å². The molecule has 0 N–H and O–H groups in total. The largest absolute Gasteiger partial charge is 0.462 e. The van der Waals surface area contributed by atoms with E-state index >= 15 is 0 Å². The summed E-state index contributed by atoms with van der Waals surface area (Å²) in [4.78, 5) is 0. The van der Waals surface area contributed by atoms with Gasteiger partial charge in [-0.2, -0.15) is 0 Å². The summed E-state index contributed by atoms with van der Waals surface area (Å²) in [6.45, 7) is 4.00. The Bertz CT molecular complexity index is 171. The molecule has 1 nitrogen and oxygen atoms in total. The summed E-state index contributed by atoms with van der Waals surface area (Å²) in [5, 5.41) is 0. The molecule has 0 saturated heterocycles. The summed E-state index contributed by atoms with van der Waals surface area (Å²) in [6, 6.07) is 2.00. The quantitative estimate of drug-likeness (QED) is 0.481.